The highest BCUT2D eigenvalue weighted by atomic mass is 16.5. The highest BCUT2D eigenvalue weighted by Gasteiger charge is 1.93. The van der Waals surface area contributed by atoms with E-state index in [-0.39, 0.29) is 19.2 Å². The number of hydrogen-bond donors (Lipinski definition) is 3. The summed E-state index contributed by atoms with van der Waals surface area (Å²) >= 11 is 0. The van der Waals surface area contributed by atoms with Crippen molar-refractivity contribution < 1.29 is 24.9 Å². The molecule has 0 aromatic carbocycles. The van der Waals surface area contributed by atoms with E-state index in [1.165, 1.54) is 6.92 Å². The summed E-state index contributed by atoms with van der Waals surface area (Å²) in [5, 5.41) is 24.0. The van der Waals surface area contributed by atoms with Crippen molar-refractivity contribution in [1.29, 1.82) is 0 Å². The summed E-state index contributed by atoms with van der Waals surface area (Å²) in [5.41, 5.74) is 0. The van der Waals surface area contributed by atoms with E-state index in [0.29, 0.717) is 6.61 Å². The van der Waals surface area contributed by atoms with Crippen LogP contribution in [0.1, 0.15) is 13.8 Å². The van der Waals surface area contributed by atoms with Crippen molar-refractivity contribution in [3.05, 3.63) is 0 Å². The van der Waals surface area contributed by atoms with Crippen LogP contribution in [0.3, 0.4) is 0 Å². The van der Waals surface area contributed by atoms with Gasteiger partial charge in [0.2, 0.25) is 0 Å². The maximum Gasteiger partial charge on any atom is 0.302 e. The van der Waals surface area contributed by atoms with Gasteiger partial charge in [0.1, 0.15) is 6.10 Å². The van der Waals surface area contributed by atoms with E-state index in [4.69, 9.17) is 15.3 Å². The molecule has 0 saturated carbocycles. The van der Waals surface area contributed by atoms with Crippen molar-refractivity contribution in [2.45, 2.75) is 20.0 Å². The van der Waals surface area contributed by atoms with Crippen LogP contribution in [0.4, 0.5) is 0 Å². The van der Waals surface area contributed by atoms with Crippen LogP contribution in [-0.4, -0.2) is 47.2 Å². The van der Waals surface area contributed by atoms with Crippen molar-refractivity contribution in [3.8, 4) is 0 Å². The van der Waals surface area contributed by atoms with Crippen LogP contribution in [0.5, 0.6) is 0 Å². The van der Waals surface area contributed by atoms with Crippen LogP contribution in [0.15, 0.2) is 0 Å². The molecule has 74 valence electrons. The fourth-order valence-electron chi connectivity index (χ4n) is 0.261. The van der Waals surface area contributed by atoms with Crippen LogP contribution >= 0.6 is 0 Å². The Kier molecular flexibility index (Phi) is 12.0. The largest absolute Gasteiger partial charge is 0.466 e. The molecule has 0 amide bonds. The normalized spacial score (nSPS) is 8.83. The fraction of sp³-hybridized carbons (Fsp3) is 0.857. The molecule has 3 N–H and O–H groups in total. The second-order valence-corrected chi connectivity index (χ2v) is 1.94. The molecule has 0 aromatic rings. The first-order valence-electron chi connectivity index (χ1n) is 3.61. The molecule has 0 spiro atoms. The number of esters is 1. The molecule has 0 bridgehead atoms. The summed E-state index contributed by atoms with van der Waals surface area (Å²) in [6.45, 7) is 2.92. The van der Waals surface area contributed by atoms with Gasteiger partial charge in [0.05, 0.1) is 19.8 Å². The Morgan fingerprint density at radius 1 is 1.42 bits per heavy atom. The minimum atomic E-state index is -0.954. The standard InChI is InChI=1S/C4H8O2.C3H8O3/c1-3-6-4(2)5;4-1-3(6)2-5/h3H2,1-2H3;3-6H,1-2H2. The number of hydrogen-bond acceptors (Lipinski definition) is 5. The first-order chi connectivity index (χ1) is 5.58. The van der Waals surface area contributed by atoms with Crippen LogP contribution in [0.2, 0.25) is 0 Å². The van der Waals surface area contributed by atoms with Crippen molar-refractivity contribution in [3.63, 3.8) is 0 Å². The molecule has 0 rings (SSSR count). The summed E-state index contributed by atoms with van der Waals surface area (Å²) in [4.78, 5) is 9.82. The molecule has 5 heteroatoms. The Hall–Kier alpha value is -0.650. The Labute approximate surface area is 71.6 Å². The van der Waals surface area contributed by atoms with E-state index in [1.807, 2.05) is 0 Å². The van der Waals surface area contributed by atoms with Gasteiger partial charge in [0.15, 0.2) is 0 Å². The Morgan fingerprint density at radius 2 is 1.83 bits per heavy atom. The zero-order chi connectivity index (χ0) is 9.98. The lowest BCUT2D eigenvalue weighted by molar-refractivity contribution is -0.140. The molecule has 0 unspecified atom stereocenters. The van der Waals surface area contributed by atoms with E-state index < -0.39 is 6.10 Å². The van der Waals surface area contributed by atoms with E-state index in [0.717, 1.165) is 0 Å². The Morgan fingerprint density at radius 3 is 1.83 bits per heavy atom. The summed E-state index contributed by atoms with van der Waals surface area (Å²) in [5.74, 6) is -0.211. The second kappa shape index (κ2) is 10.3. The SMILES string of the molecule is CCOC(C)=O.OCC(O)CO. The van der Waals surface area contributed by atoms with Gasteiger partial charge in [-0.2, -0.15) is 0 Å². The zero-order valence-corrected chi connectivity index (χ0v) is 7.36. The zero-order valence-electron chi connectivity index (χ0n) is 7.36. The minimum Gasteiger partial charge on any atom is -0.466 e. The van der Waals surface area contributed by atoms with Gasteiger partial charge in [0.25, 0.3) is 0 Å². The maximum atomic E-state index is 9.82. The van der Waals surface area contributed by atoms with Gasteiger partial charge in [-0.05, 0) is 6.92 Å². The molecular formula is C7H16O5. The number of carbonyl (C=O) groups excluding carboxylic acids is 1. The molecule has 0 heterocycles. The molecule has 0 atom stereocenters. The van der Waals surface area contributed by atoms with Crippen molar-refractivity contribution >= 4 is 5.97 Å². The molecule has 0 aliphatic heterocycles. The Bertz CT molecular complexity index is 100.0. The second-order valence-electron chi connectivity index (χ2n) is 1.94. The molecule has 0 aliphatic rings. The van der Waals surface area contributed by atoms with Gasteiger partial charge in [-0.25, -0.2) is 0 Å². The van der Waals surface area contributed by atoms with E-state index in [9.17, 15) is 4.79 Å². The molecular weight excluding hydrogens is 164 g/mol. The summed E-state index contributed by atoms with van der Waals surface area (Å²) < 4.78 is 4.40. The van der Waals surface area contributed by atoms with Crippen molar-refractivity contribution in [2.24, 2.45) is 0 Å². The van der Waals surface area contributed by atoms with Crippen LogP contribution < -0.4 is 0 Å². The lowest BCUT2D eigenvalue weighted by Crippen LogP contribution is -2.15. The molecule has 0 saturated heterocycles. The smallest absolute Gasteiger partial charge is 0.302 e. The number of ether oxygens (including phenoxy) is 1. The van der Waals surface area contributed by atoms with Crippen molar-refractivity contribution in [2.75, 3.05) is 19.8 Å². The lowest BCUT2D eigenvalue weighted by Gasteiger charge is -1.96. The van der Waals surface area contributed by atoms with Crippen LogP contribution in [0, 0.1) is 0 Å². The van der Waals surface area contributed by atoms with Gasteiger partial charge in [-0.15, -0.1) is 0 Å². The topological polar surface area (TPSA) is 87.0 Å². The van der Waals surface area contributed by atoms with E-state index in [1.54, 1.807) is 6.92 Å². The van der Waals surface area contributed by atoms with Gasteiger partial charge >= 0.3 is 5.97 Å². The highest BCUT2D eigenvalue weighted by Crippen LogP contribution is 1.71. The van der Waals surface area contributed by atoms with Gasteiger partial charge < -0.3 is 20.1 Å². The third kappa shape index (κ3) is 16.2. The molecule has 0 fully saturated rings. The third-order valence-electron chi connectivity index (χ3n) is 0.769. The molecule has 12 heavy (non-hydrogen) atoms. The molecule has 0 aliphatic carbocycles. The summed E-state index contributed by atoms with van der Waals surface area (Å²) in [7, 11) is 0. The molecule has 0 aromatic heterocycles. The highest BCUT2D eigenvalue weighted by molar-refractivity contribution is 5.65. The third-order valence-corrected chi connectivity index (χ3v) is 0.769. The maximum absolute atomic E-state index is 9.82. The van der Waals surface area contributed by atoms with Gasteiger partial charge in [-0.1, -0.05) is 0 Å². The molecule has 5 nitrogen and oxygen atoms in total. The monoisotopic (exact) mass is 180 g/mol. The molecule has 0 radical (unpaired) electrons. The van der Waals surface area contributed by atoms with E-state index in [2.05, 4.69) is 4.74 Å². The number of carbonyl (C=O) groups is 1. The summed E-state index contributed by atoms with van der Waals surface area (Å²) in [6, 6.07) is 0. The first-order valence-corrected chi connectivity index (χ1v) is 3.61. The number of aliphatic hydroxyl groups excluding tert-OH is 3. The number of aliphatic hydroxyl groups is 3. The predicted molar refractivity (Wildman–Crippen MR) is 42.5 cm³/mol. The first kappa shape index (κ1) is 13.9. The average Bonchev–Trinajstić information content (AvgIpc) is 2.04. The number of rotatable bonds is 3. The summed E-state index contributed by atoms with van der Waals surface area (Å²) in [6.07, 6.45) is -0.954. The van der Waals surface area contributed by atoms with Crippen molar-refractivity contribution in [1.82, 2.24) is 0 Å². The van der Waals surface area contributed by atoms with Crippen LogP contribution in [-0.2, 0) is 9.53 Å². The van der Waals surface area contributed by atoms with Gasteiger partial charge in [0, 0.05) is 6.92 Å². The fourth-order valence-corrected chi connectivity index (χ4v) is 0.261. The van der Waals surface area contributed by atoms with Crippen LogP contribution in [0.25, 0.3) is 0 Å². The van der Waals surface area contributed by atoms with Gasteiger partial charge in [-0.3, -0.25) is 4.79 Å². The predicted octanol–water partition coefficient (Wildman–Crippen LogP) is -1.10. The quantitative estimate of drug-likeness (QED) is 0.480. The minimum absolute atomic E-state index is 0.211. The average molecular weight is 180 g/mol. The lowest BCUT2D eigenvalue weighted by atomic mass is 10.4. The van der Waals surface area contributed by atoms with E-state index >= 15 is 0 Å². The Balaban J connectivity index is 0.